The molecule has 37 heavy (non-hydrogen) atoms. The minimum Gasteiger partial charge on any atom is -0.482 e. The van der Waals surface area contributed by atoms with Gasteiger partial charge in [0.1, 0.15) is 17.6 Å². The fourth-order valence-corrected chi connectivity index (χ4v) is 6.31. The second-order valence-corrected chi connectivity index (χ2v) is 12.5. The second kappa shape index (κ2) is 10.1. The van der Waals surface area contributed by atoms with Gasteiger partial charge in [0.25, 0.3) is 0 Å². The molecule has 196 valence electrons. The lowest BCUT2D eigenvalue weighted by Crippen LogP contribution is -2.50. The molecule has 0 amide bonds. The van der Waals surface area contributed by atoms with Crippen LogP contribution in [0.15, 0.2) is 53.5 Å². The van der Waals surface area contributed by atoms with Crippen molar-refractivity contribution in [3.05, 3.63) is 81.0 Å². The van der Waals surface area contributed by atoms with E-state index < -0.39 is 26.9 Å². The Labute approximate surface area is 220 Å². The lowest BCUT2D eigenvalue weighted by atomic mass is 10.1. The fraction of sp³-hybridized carbons (Fsp3) is 0.385. The number of rotatable bonds is 6. The molecule has 5 rings (SSSR count). The molecule has 1 aromatic heterocycles. The molecule has 0 saturated carbocycles. The number of hydrogen-bond donors (Lipinski definition) is 0. The van der Waals surface area contributed by atoms with Crippen molar-refractivity contribution in [2.45, 2.75) is 38.0 Å². The van der Waals surface area contributed by atoms with Gasteiger partial charge in [0, 0.05) is 44.0 Å². The molecule has 1 fully saturated rings. The van der Waals surface area contributed by atoms with Crippen molar-refractivity contribution in [1.82, 2.24) is 14.1 Å². The molecule has 0 spiro atoms. The lowest BCUT2D eigenvalue weighted by molar-refractivity contribution is 0.209. The van der Waals surface area contributed by atoms with Crippen LogP contribution in [0.3, 0.4) is 0 Å². The zero-order chi connectivity index (χ0) is 26.3. The number of halogens is 2. The van der Waals surface area contributed by atoms with Crippen molar-refractivity contribution in [2.75, 3.05) is 31.1 Å². The first-order valence-electron chi connectivity index (χ1n) is 12.2. The molecule has 2 aromatic carbocycles. The van der Waals surface area contributed by atoms with Gasteiger partial charge in [-0.05, 0) is 49.2 Å². The van der Waals surface area contributed by atoms with Crippen LogP contribution in [0.5, 0.6) is 5.75 Å². The zero-order valence-corrected chi connectivity index (χ0v) is 22.2. The number of hydrogen-bond acceptors (Lipinski definition) is 6. The summed E-state index contributed by atoms with van der Waals surface area (Å²) in [5.74, 6) is -0.175. The summed E-state index contributed by atoms with van der Waals surface area (Å²) in [4.78, 5) is 15.6. The van der Waals surface area contributed by atoms with E-state index in [0.717, 1.165) is 5.56 Å². The Bertz CT molecular complexity index is 1490. The van der Waals surface area contributed by atoms with E-state index in [2.05, 4.69) is 5.10 Å². The molecule has 0 radical (unpaired) electrons. The number of sulfonamides is 1. The smallest absolute Gasteiger partial charge is 0.316 e. The molecular weight excluding hydrogens is 519 g/mol. The Hall–Kier alpha value is -2.95. The van der Waals surface area contributed by atoms with E-state index >= 15 is 0 Å². The van der Waals surface area contributed by atoms with Gasteiger partial charge in [-0.25, -0.2) is 12.8 Å². The van der Waals surface area contributed by atoms with Crippen LogP contribution in [-0.2, 0) is 22.9 Å². The van der Waals surface area contributed by atoms with Crippen molar-refractivity contribution in [2.24, 2.45) is 0 Å². The second-order valence-electron chi connectivity index (χ2n) is 9.56. The SMILES string of the molecule is CC(C)S(=O)(=O)N1CCN(c2cnn(-c3cccc(Cl)c3)c(=O)c2OC2Cc3cccc(F)c3C2)CC1. The molecule has 1 atom stereocenters. The number of piperazine rings is 1. The van der Waals surface area contributed by atoms with Crippen LogP contribution in [0, 0.1) is 5.82 Å². The van der Waals surface area contributed by atoms with Crippen molar-refractivity contribution in [3.8, 4) is 11.4 Å². The fourth-order valence-electron chi connectivity index (χ4n) is 4.86. The van der Waals surface area contributed by atoms with Gasteiger partial charge in [0.2, 0.25) is 15.8 Å². The number of benzene rings is 2. The average Bonchev–Trinajstić information content (AvgIpc) is 3.29. The standard InChI is InChI=1S/C26H28ClFN4O4S/c1-17(2)37(34,35)31-11-9-30(10-12-31)24-16-29-32(20-7-4-6-19(27)14-20)26(33)25(24)36-21-13-18-5-3-8-23(28)22(18)15-21/h3-8,14,16-17,21H,9-13,15H2,1-2H3. The molecule has 1 aliphatic carbocycles. The van der Waals surface area contributed by atoms with Crippen molar-refractivity contribution in [3.63, 3.8) is 0 Å². The topological polar surface area (TPSA) is 84.7 Å². The average molecular weight is 547 g/mol. The van der Waals surface area contributed by atoms with Gasteiger partial charge < -0.3 is 9.64 Å². The monoisotopic (exact) mass is 546 g/mol. The summed E-state index contributed by atoms with van der Waals surface area (Å²) >= 11 is 6.14. The van der Waals surface area contributed by atoms with Gasteiger partial charge in [0.05, 0.1) is 17.1 Å². The quantitative estimate of drug-likeness (QED) is 0.471. The van der Waals surface area contributed by atoms with E-state index in [0.29, 0.717) is 47.9 Å². The van der Waals surface area contributed by atoms with E-state index in [9.17, 15) is 17.6 Å². The Kier molecular flexibility index (Phi) is 6.99. The van der Waals surface area contributed by atoms with Crippen LogP contribution in [-0.4, -0.2) is 60.0 Å². The van der Waals surface area contributed by atoms with Crippen molar-refractivity contribution >= 4 is 27.3 Å². The molecule has 1 saturated heterocycles. The van der Waals surface area contributed by atoms with Gasteiger partial charge in [-0.1, -0.05) is 29.8 Å². The first-order valence-corrected chi connectivity index (χ1v) is 14.1. The summed E-state index contributed by atoms with van der Waals surface area (Å²) in [6.07, 6.45) is 1.97. The first kappa shape index (κ1) is 25.7. The maximum atomic E-state index is 14.4. The highest BCUT2D eigenvalue weighted by molar-refractivity contribution is 7.89. The Morgan fingerprint density at radius 3 is 2.49 bits per heavy atom. The van der Waals surface area contributed by atoms with Gasteiger partial charge >= 0.3 is 5.56 Å². The number of ether oxygens (including phenoxy) is 1. The zero-order valence-electron chi connectivity index (χ0n) is 20.6. The summed E-state index contributed by atoms with van der Waals surface area (Å²) in [7, 11) is -3.38. The van der Waals surface area contributed by atoms with Crippen molar-refractivity contribution < 1.29 is 17.5 Å². The van der Waals surface area contributed by atoms with Gasteiger partial charge in [0.15, 0.2) is 0 Å². The number of anilines is 1. The minimum atomic E-state index is -3.38. The van der Waals surface area contributed by atoms with Crippen LogP contribution in [0.2, 0.25) is 5.02 Å². The molecule has 8 nitrogen and oxygen atoms in total. The molecule has 0 bridgehead atoms. The number of nitrogens with zero attached hydrogens (tertiary/aromatic N) is 4. The predicted octanol–water partition coefficient (Wildman–Crippen LogP) is 3.43. The van der Waals surface area contributed by atoms with E-state index in [1.807, 2.05) is 11.0 Å². The summed E-state index contributed by atoms with van der Waals surface area (Å²) in [5.41, 5.74) is 1.98. The van der Waals surface area contributed by atoms with Crippen LogP contribution in [0.4, 0.5) is 10.1 Å². The van der Waals surface area contributed by atoms with Crippen molar-refractivity contribution in [1.29, 1.82) is 0 Å². The van der Waals surface area contributed by atoms with Gasteiger partial charge in [-0.2, -0.15) is 14.1 Å². The van der Waals surface area contributed by atoms with E-state index in [-0.39, 0.29) is 24.7 Å². The molecule has 3 aromatic rings. The molecular formula is C26H28ClFN4O4S. The van der Waals surface area contributed by atoms with Crippen LogP contribution < -0.4 is 15.2 Å². The predicted molar refractivity (Wildman–Crippen MR) is 141 cm³/mol. The maximum absolute atomic E-state index is 14.4. The summed E-state index contributed by atoms with van der Waals surface area (Å²) in [5, 5.41) is 4.33. The third-order valence-electron chi connectivity index (χ3n) is 6.88. The molecule has 11 heteroatoms. The molecule has 0 N–H and O–H groups in total. The Balaban J connectivity index is 1.48. The third-order valence-corrected chi connectivity index (χ3v) is 9.39. The highest BCUT2D eigenvalue weighted by atomic mass is 35.5. The van der Waals surface area contributed by atoms with Crippen LogP contribution >= 0.6 is 11.6 Å². The number of fused-ring (bicyclic) bond motifs is 1. The van der Waals surface area contributed by atoms with Crippen LogP contribution in [0.1, 0.15) is 25.0 Å². The van der Waals surface area contributed by atoms with E-state index in [4.69, 9.17) is 16.3 Å². The summed E-state index contributed by atoms with van der Waals surface area (Å²) < 4.78 is 48.6. The molecule has 1 unspecified atom stereocenters. The highest BCUT2D eigenvalue weighted by Crippen LogP contribution is 2.32. The lowest BCUT2D eigenvalue weighted by Gasteiger charge is -2.36. The Morgan fingerprint density at radius 2 is 1.81 bits per heavy atom. The largest absolute Gasteiger partial charge is 0.482 e. The van der Waals surface area contributed by atoms with Crippen LogP contribution in [0.25, 0.3) is 5.69 Å². The van der Waals surface area contributed by atoms with E-state index in [1.165, 1.54) is 15.1 Å². The molecule has 1 aliphatic heterocycles. The Morgan fingerprint density at radius 1 is 1.08 bits per heavy atom. The summed E-state index contributed by atoms with van der Waals surface area (Å²) in [6.45, 7) is 4.66. The highest BCUT2D eigenvalue weighted by Gasteiger charge is 2.33. The summed E-state index contributed by atoms with van der Waals surface area (Å²) in [6, 6.07) is 11.8. The first-order chi connectivity index (χ1) is 17.6. The van der Waals surface area contributed by atoms with E-state index in [1.54, 1.807) is 50.4 Å². The third kappa shape index (κ3) is 4.97. The van der Waals surface area contributed by atoms with Gasteiger partial charge in [-0.3, -0.25) is 4.79 Å². The number of aromatic nitrogens is 2. The maximum Gasteiger partial charge on any atom is 0.316 e. The molecule has 2 heterocycles. The molecule has 2 aliphatic rings. The van der Waals surface area contributed by atoms with Gasteiger partial charge in [-0.15, -0.1) is 0 Å². The minimum absolute atomic E-state index is 0.105. The normalized spacial score (nSPS) is 18.3.